The Bertz CT molecular complexity index is 125. The molecule has 0 aliphatic carbocycles. The molecule has 2 amide bonds. The summed E-state index contributed by atoms with van der Waals surface area (Å²) in [7, 11) is 0. The molecule has 4 nitrogen and oxygen atoms in total. The maximum absolute atomic E-state index is 10.1. The van der Waals surface area contributed by atoms with E-state index >= 15 is 0 Å². The van der Waals surface area contributed by atoms with Crippen molar-refractivity contribution in [2.75, 3.05) is 6.54 Å². The van der Waals surface area contributed by atoms with Crippen LogP contribution in [0.25, 0.3) is 0 Å². The molecule has 0 saturated heterocycles. The molecule has 0 bridgehead atoms. The summed E-state index contributed by atoms with van der Waals surface area (Å²) in [6.07, 6.45) is 1.72. The van der Waals surface area contributed by atoms with Crippen molar-refractivity contribution >= 4 is 12.3 Å². The summed E-state index contributed by atoms with van der Waals surface area (Å²) in [5.41, 5.74) is 4.76. The molecule has 0 aromatic carbocycles. The van der Waals surface area contributed by atoms with Gasteiger partial charge in [-0.05, 0) is 6.20 Å². The molecule has 0 saturated carbocycles. The maximum atomic E-state index is 10.1. The van der Waals surface area contributed by atoms with Crippen molar-refractivity contribution in [3.63, 3.8) is 0 Å². The Hall–Kier alpha value is -1.32. The number of carbonyl (C=O) groups excluding carboxylic acids is 2. The normalized spacial score (nSPS) is 8.00. The van der Waals surface area contributed by atoms with E-state index in [1.54, 1.807) is 0 Å². The Labute approximate surface area is 52.9 Å². The first-order valence-electron chi connectivity index (χ1n) is 2.32. The standard InChI is InChI=1S/C5H8N2O2/c1-2-7(4-8)3-5(6)9/h2,4H,1,3H2,(H2,6,9). The molecule has 0 aromatic heterocycles. The summed E-state index contributed by atoms with van der Waals surface area (Å²) >= 11 is 0. The Morgan fingerprint density at radius 2 is 2.33 bits per heavy atom. The summed E-state index contributed by atoms with van der Waals surface area (Å²) in [5.74, 6) is -0.554. The summed E-state index contributed by atoms with van der Waals surface area (Å²) in [6.45, 7) is 3.17. The van der Waals surface area contributed by atoms with E-state index in [2.05, 4.69) is 6.58 Å². The second-order valence-electron chi connectivity index (χ2n) is 1.43. The lowest BCUT2D eigenvalue weighted by Gasteiger charge is -2.06. The van der Waals surface area contributed by atoms with Crippen LogP contribution in [0.1, 0.15) is 0 Å². The van der Waals surface area contributed by atoms with Crippen molar-refractivity contribution in [2.45, 2.75) is 0 Å². The average Bonchev–Trinajstić information content (AvgIpc) is 1.82. The first kappa shape index (κ1) is 7.68. The number of rotatable bonds is 4. The van der Waals surface area contributed by atoms with E-state index in [4.69, 9.17) is 5.73 Å². The fourth-order valence-electron chi connectivity index (χ4n) is 0.325. The smallest absolute Gasteiger partial charge is 0.237 e. The highest BCUT2D eigenvalue weighted by atomic mass is 16.2. The second-order valence-corrected chi connectivity index (χ2v) is 1.43. The lowest BCUT2D eigenvalue weighted by atomic mass is 10.5. The Morgan fingerprint density at radius 3 is 2.44 bits per heavy atom. The first-order chi connectivity index (χ1) is 4.20. The number of hydrogen-bond donors (Lipinski definition) is 1. The average molecular weight is 128 g/mol. The fraction of sp³-hybridized carbons (Fsp3) is 0.200. The Morgan fingerprint density at radius 1 is 1.78 bits per heavy atom. The van der Waals surface area contributed by atoms with E-state index in [0.717, 1.165) is 4.90 Å². The molecule has 0 rings (SSSR count). The van der Waals surface area contributed by atoms with Crippen molar-refractivity contribution in [3.8, 4) is 0 Å². The van der Waals surface area contributed by atoms with Crippen LogP contribution in [-0.2, 0) is 9.59 Å². The predicted molar refractivity (Wildman–Crippen MR) is 32.2 cm³/mol. The minimum Gasteiger partial charge on any atom is -0.368 e. The van der Waals surface area contributed by atoms with Gasteiger partial charge in [0.25, 0.3) is 0 Å². The van der Waals surface area contributed by atoms with Gasteiger partial charge in [0.2, 0.25) is 12.3 Å². The van der Waals surface area contributed by atoms with Crippen LogP contribution in [0.5, 0.6) is 0 Å². The van der Waals surface area contributed by atoms with E-state index in [-0.39, 0.29) is 6.54 Å². The molecular formula is C5H8N2O2. The lowest BCUT2D eigenvalue weighted by Crippen LogP contribution is -2.28. The molecule has 4 heteroatoms. The van der Waals surface area contributed by atoms with E-state index in [0.29, 0.717) is 6.41 Å². The highest BCUT2D eigenvalue weighted by Gasteiger charge is 1.98. The number of nitrogens with two attached hydrogens (primary N) is 1. The molecule has 0 aliphatic rings. The van der Waals surface area contributed by atoms with Crippen LogP contribution < -0.4 is 5.73 Å². The molecule has 0 spiro atoms. The quantitative estimate of drug-likeness (QED) is 0.497. The zero-order valence-corrected chi connectivity index (χ0v) is 4.91. The van der Waals surface area contributed by atoms with Crippen LogP contribution in [0.2, 0.25) is 0 Å². The molecule has 0 unspecified atom stereocenters. The molecule has 9 heavy (non-hydrogen) atoms. The second kappa shape index (κ2) is 3.65. The van der Waals surface area contributed by atoms with Gasteiger partial charge in [0.05, 0.1) is 0 Å². The van der Waals surface area contributed by atoms with E-state index < -0.39 is 5.91 Å². The molecular weight excluding hydrogens is 120 g/mol. The number of nitrogens with zero attached hydrogens (tertiary/aromatic N) is 1. The van der Waals surface area contributed by atoms with Crippen LogP contribution in [0, 0.1) is 0 Å². The topological polar surface area (TPSA) is 63.4 Å². The third-order valence-corrected chi connectivity index (χ3v) is 0.708. The van der Waals surface area contributed by atoms with Gasteiger partial charge in [0, 0.05) is 0 Å². The van der Waals surface area contributed by atoms with E-state index in [9.17, 15) is 9.59 Å². The van der Waals surface area contributed by atoms with Gasteiger partial charge in [0.1, 0.15) is 6.54 Å². The van der Waals surface area contributed by atoms with Gasteiger partial charge in [-0.1, -0.05) is 6.58 Å². The molecule has 0 fully saturated rings. The Balaban J connectivity index is 3.68. The van der Waals surface area contributed by atoms with Crippen molar-refractivity contribution in [3.05, 3.63) is 12.8 Å². The number of primary amides is 1. The predicted octanol–water partition coefficient (Wildman–Crippen LogP) is -0.926. The van der Waals surface area contributed by atoms with Gasteiger partial charge in [-0.2, -0.15) is 0 Å². The molecule has 50 valence electrons. The van der Waals surface area contributed by atoms with Crippen molar-refractivity contribution < 1.29 is 9.59 Å². The minimum atomic E-state index is -0.554. The largest absolute Gasteiger partial charge is 0.368 e. The van der Waals surface area contributed by atoms with Gasteiger partial charge in [-0.15, -0.1) is 0 Å². The number of amides is 2. The molecule has 2 N–H and O–H groups in total. The van der Waals surface area contributed by atoms with Crippen molar-refractivity contribution in [1.29, 1.82) is 0 Å². The highest BCUT2D eigenvalue weighted by Crippen LogP contribution is 1.78. The molecule has 0 radical (unpaired) electrons. The van der Waals surface area contributed by atoms with Gasteiger partial charge in [-0.3, -0.25) is 9.59 Å². The molecule has 0 atom stereocenters. The van der Waals surface area contributed by atoms with Crippen molar-refractivity contribution in [2.24, 2.45) is 5.73 Å². The van der Waals surface area contributed by atoms with Crippen LogP contribution in [0.15, 0.2) is 12.8 Å². The van der Waals surface area contributed by atoms with Gasteiger partial charge in [0.15, 0.2) is 0 Å². The SMILES string of the molecule is C=CN(C=O)CC(N)=O. The van der Waals surface area contributed by atoms with Crippen LogP contribution in [0.3, 0.4) is 0 Å². The number of carbonyl (C=O) groups is 2. The van der Waals surface area contributed by atoms with Gasteiger partial charge >= 0.3 is 0 Å². The molecule has 0 aromatic rings. The molecule has 0 heterocycles. The number of hydrogen-bond acceptors (Lipinski definition) is 2. The fourth-order valence-corrected chi connectivity index (χ4v) is 0.325. The summed E-state index contributed by atoms with van der Waals surface area (Å²) < 4.78 is 0. The van der Waals surface area contributed by atoms with Crippen LogP contribution >= 0.6 is 0 Å². The summed E-state index contributed by atoms with van der Waals surface area (Å²) in [4.78, 5) is 21.1. The third kappa shape index (κ3) is 3.28. The zero-order chi connectivity index (χ0) is 7.28. The summed E-state index contributed by atoms with van der Waals surface area (Å²) in [5, 5.41) is 0. The maximum Gasteiger partial charge on any atom is 0.237 e. The van der Waals surface area contributed by atoms with Crippen molar-refractivity contribution in [1.82, 2.24) is 4.90 Å². The van der Waals surface area contributed by atoms with Gasteiger partial charge < -0.3 is 10.6 Å². The Kier molecular flexibility index (Phi) is 3.12. The zero-order valence-electron chi connectivity index (χ0n) is 4.91. The first-order valence-corrected chi connectivity index (χ1v) is 2.32. The van der Waals surface area contributed by atoms with E-state index in [1.807, 2.05) is 0 Å². The van der Waals surface area contributed by atoms with Crippen LogP contribution in [0.4, 0.5) is 0 Å². The summed E-state index contributed by atoms with van der Waals surface area (Å²) in [6, 6.07) is 0. The lowest BCUT2D eigenvalue weighted by molar-refractivity contribution is -0.124. The third-order valence-electron chi connectivity index (χ3n) is 0.708. The monoisotopic (exact) mass is 128 g/mol. The highest BCUT2D eigenvalue weighted by molar-refractivity contribution is 5.78. The minimum absolute atomic E-state index is 0.104. The van der Waals surface area contributed by atoms with Gasteiger partial charge in [-0.25, -0.2) is 0 Å². The van der Waals surface area contributed by atoms with E-state index in [1.165, 1.54) is 6.20 Å². The molecule has 0 aliphatic heterocycles. The van der Waals surface area contributed by atoms with Crippen LogP contribution in [-0.4, -0.2) is 23.8 Å².